The van der Waals surface area contributed by atoms with Crippen LogP contribution in [0.25, 0.3) is 0 Å². The lowest BCUT2D eigenvalue weighted by Crippen LogP contribution is -2.27. The Morgan fingerprint density at radius 2 is 2.40 bits per heavy atom. The molecule has 1 fully saturated rings. The number of hydrogen-bond donors (Lipinski definition) is 1. The molecule has 0 bridgehead atoms. The van der Waals surface area contributed by atoms with Gasteiger partial charge in [-0.2, -0.15) is 0 Å². The van der Waals surface area contributed by atoms with Crippen molar-refractivity contribution in [1.29, 1.82) is 0 Å². The minimum Gasteiger partial charge on any atom is -0.396 e. The van der Waals surface area contributed by atoms with E-state index in [2.05, 4.69) is 11.0 Å². The van der Waals surface area contributed by atoms with Gasteiger partial charge in [-0.05, 0) is 12.8 Å². The maximum absolute atomic E-state index is 11.4. The van der Waals surface area contributed by atoms with E-state index >= 15 is 0 Å². The lowest BCUT2D eigenvalue weighted by atomic mass is 9.92. The van der Waals surface area contributed by atoms with Gasteiger partial charge >= 0.3 is 0 Å². The molecule has 1 aliphatic heterocycles. The summed E-state index contributed by atoms with van der Waals surface area (Å²) in [5.41, 5.74) is 1.32. The number of nitrogens with zero attached hydrogens (tertiary/aromatic N) is 1. The van der Waals surface area contributed by atoms with Crippen molar-refractivity contribution in [3.63, 3.8) is 0 Å². The monoisotopic (exact) mass is 209 g/mol. The summed E-state index contributed by atoms with van der Waals surface area (Å²) in [6.07, 6.45) is 4.63. The Hall–Kier alpha value is -0.830. The van der Waals surface area contributed by atoms with Crippen molar-refractivity contribution < 1.29 is 9.90 Å². The van der Waals surface area contributed by atoms with E-state index in [0.717, 1.165) is 25.9 Å². The third-order valence-electron chi connectivity index (χ3n) is 3.55. The number of aliphatic hydroxyl groups is 1. The highest BCUT2D eigenvalue weighted by Crippen LogP contribution is 2.28. The van der Waals surface area contributed by atoms with Crippen LogP contribution in [0.4, 0.5) is 0 Å². The van der Waals surface area contributed by atoms with Crippen molar-refractivity contribution in [2.75, 3.05) is 19.7 Å². The van der Waals surface area contributed by atoms with Gasteiger partial charge < -0.3 is 10.0 Å². The topological polar surface area (TPSA) is 40.5 Å². The van der Waals surface area contributed by atoms with Gasteiger partial charge in [0.2, 0.25) is 0 Å². The first-order chi connectivity index (χ1) is 7.20. The average Bonchev–Trinajstić information content (AvgIpc) is 2.70. The van der Waals surface area contributed by atoms with Gasteiger partial charge in [0.05, 0.1) is 0 Å². The molecule has 0 amide bonds. The van der Waals surface area contributed by atoms with Gasteiger partial charge in [-0.15, -0.1) is 0 Å². The smallest absolute Gasteiger partial charge is 0.139 e. The molecular formula is C12H19NO2. The molecule has 1 N–H and O–H groups in total. The summed E-state index contributed by atoms with van der Waals surface area (Å²) in [6, 6.07) is 0. The van der Waals surface area contributed by atoms with Crippen molar-refractivity contribution in [1.82, 2.24) is 4.90 Å². The zero-order chi connectivity index (χ0) is 10.8. The molecule has 3 heteroatoms. The number of carbonyl (C=O) groups excluding carboxylic acids is 1. The van der Waals surface area contributed by atoms with Crippen LogP contribution in [0.5, 0.6) is 0 Å². The summed E-state index contributed by atoms with van der Waals surface area (Å²) in [5, 5.41) is 9.08. The van der Waals surface area contributed by atoms with E-state index in [0.29, 0.717) is 18.1 Å². The van der Waals surface area contributed by atoms with Gasteiger partial charge in [-0.3, -0.25) is 4.79 Å². The van der Waals surface area contributed by atoms with Crippen molar-refractivity contribution >= 4 is 5.78 Å². The van der Waals surface area contributed by atoms with Crippen LogP contribution in [0.1, 0.15) is 26.2 Å². The highest BCUT2D eigenvalue weighted by molar-refractivity contribution is 5.83. The summed E-state index contributed by atoms with van der Waals surface area (Å²) in [5.74, 6) is 0.966. The summed E-state index contributed by atoms with van der Waals surface area (Å²) in [7, 11) is 0. The SMILES string of the molecule is CC1CC(N2CC[C@H](CO)C2)=CCC1=O. The molecule has 1 unspecified atom stereocenters. The average molecular weight is 209 g/mol. The fraction of sp³-hybridized carbons (Fsp3) is 0.750. The molecule has 0 aromatic heterocycles. The molecule has 0 saturated carbocycles. The van der Waals surface area contributed by atoms with Crippen molar-refractivity contribution in [2.45, 2.75) is 26.2 Å². The molecule has 2 aliphatic rings. The van der Waals surface area contributed by atoms with E-state index < -0.39 is 0 Å². The quantitative estimate of drug-likeness (QED) is 0.742. The van der Waals surface area contributed by atoms with Crippen LogP contribution < -0.4 is 0 Å². The molecule has 0 radical (unpaired) electrons. The second-order valence-corrected chi connectivity index (χ2v) is 4.75. The number of allylic oxidation sites excluding steroid dienone is 2. The lowest BCUT2D eigenvalue weighted by molar-refractivity contribution is -0.122. The molecule has 1 heterocycles. The predicted molar refractivity (Wildman–Crippen MR) is 58.3 cm³/mol. The van der Waals surface area contributed by atoms with Crippen LogP contribution in [0, 0.1) is 11.8 Å². The Morgan fingerprint density at radius 3 is 3.00 bits per heavy atom. The van der Waals surface area contributed by atoms with Gasteiger partial charge in [0.25, 0.3) is 0 Å². The first-order valence-electron chi connectivity index (χ1n) is 5.78. The Labute approximate surface area is 90.8 Å². The maximum Gasteiger partial charge on any atom is 0.139 e. The second kappa shape index (κ2) is 4.35. The Kier molecular flexibility index (Phi) is 3.10. The van der Waals surface area contributed by atoms with E-state index in [1.165, 1.54) is 5.70 Å². The zero-order valence-electron chi connectivity index (χ0n) is 9.28. The van der Waals surface area contributed by atoms with Crippen molar-refractivity contribution in [3.8, 4) is 0 Å². The Bertz CT molecular complexity index is 285. The fourth-order valence-electron chi connectivity index (χ4n) is 2.43. The number of rotatable bonds is 2. The van der Waals surface area contributed by atoms with Crippen LogP contribution in [0.15, 0.2) is 11.8 Å². The van der Waals surface area contributed by atoms with Gasteiger partial charge in [0.1, 0.15) is 5.78 Å². The van der Waals surface area contributed by atoms with Gasteiger partial charge in [-0.25, -0.2) is 0 Å². The van der Waals surface area contributed by atoms with Crippen LogP contribution >= 0.6 is 0 Å². The molecule has 1 aliphatic carbocycles. The normalized spacial score (nSPS) is 32.0. The first-order valence-corrected chi connectivity index (χ1v) is 5.78. The number of Topliss-reactive ketones (excluding diaryl/α,β-unsaturated/α-hetero) is 1. The van der Waals surface area contributed by atoms with Gasteiger partial charge in [0, 0.05) is 43.7 Å². The highest BCUT2D eigenvalue weighted by atomic mass is 16.3. The third kappa shape index (κ3) is 2.23. The largest absolute Gasteiger partial charge is 0.396 e. The summed E-state index contributed by atoms with van der Waals surface area (Å²) in [6.45, 7) is 4.30. The summed E-state index contributed by atoms with van der Waals surface area (Å²) in [4.78, 5) is 13.7. The molecule has 3 nitrogen and oxygen atoms in total. The second-order valence-electron chi connectivity index (χ2n) is 4.75. The maximum atomic E-state index is 11.4. The predicted octanol–water partition coefficient (Wildman–Crippen LogP) is 1.18. The fourth-order valence-corrected chi connectivity index (χ4v) is 2.43. The molecule has 0 aromatic rings. The minimum atomic E-state index is 0.179. The van der Waals surface area contributed by atoms with E-state index in [1.807, 2.05) is 6.92 Å². The van der Waals surface area contributed by atoms with Crippen molar-refractivity contribution in [2.24, 2.45) is 11.8 Å². The van der Waals surface area contributed by atoms with Crippen LogP contribution in [0.2, 0.25) is 0 Å². The summed E-state index contributed by atoms with van der Waals surface area (Å²) >= 11 is 0. The molecule has 1 saturated heterocycles. The minimum absolute atomic E-state index is 0.179. The third-order valence-corrected chi connectivity index (χ3v) is 3.55. The molecule has 2 rings (SSSR count). The van der Waals surface area contributed by atoms with Crippen LogP contribution in [-0.2, 0) is 4.79 Å². The lowest BCUT2D eigenvalue weighted by Gasteiger charge is -2.27. The molecule has 0 aromatic carbocycles. The van der Waals surface area contributed by atoms with E-state index in [9.17, 15) is 4.79 Å². The highest BCUT2D eigenvalue weighted by Gasteiger charge is 2.27. The number of aliphatic hydroxyl groups excluding tert-OH is 1. The van der Waals surface area contributed by atoms with E-state index in [-0.39, 0.29) is 12.5 Å². The van der Waals surface area contributed by atoms with Crippen LogP contribution in [-0.4, -0.2) is 35.5 Å². The van der Waals surface area contributed by atoms with Gasteiger partial charge in [-0.1, -0.05) is 13.0 Å². The molecular weight excluding hydrogens is 190 g/mol. The van der Waals surface area contributed by atoms with E-state index in [1.54, 1.807) is 0 Å². The molecule has 2 atom stereocenters. The molecule has 0 spiro atoms. The Morgan fingerprint density at radius 1 is 1.60 bits per heavy atom. The zero-order valence-corrected chi connectivity index (χ0v) is 9.28. The Balaban J connectivity index is 1.98. The van der Waals surface area contributed by atoms with E-state index in [4.69, 9.17) is 5.11 Å². The number of hydrogen-bond acceptors (Lipinski definition) is 3. The van der Waals surface area contributed by atoms with Crippen molar-refractivity contribution in [3.05, 3.63) is 11.8 Å². The molecule has 84 valence electrons. The molecule has 15 heavy (non-hydrogen) atoms. The summed E-state index contributed by atoms with van der Waals surface area (Å²) < 4.78 is 0. The first kappa shape index (κ1) is 10.7. The number of carbonyl (C=O) groups is 1. The standard InChI is InChI=1S/C12H19NO2/c1-9-6-11(2-3-12(9)15)13-5-4-10(7-13)8-14/h2,9-10,14H,3-8H2,1H3/t9?,10-/m0/s1. The number of likely N-dealkylation sites (tertiary alicyclic amines) is 1. The number of ketones is 1. The van der Waals surface area contributed by atoms with Gasteiger partial charge in [0.15, 0.2) is 0 Å². The van der Waals surface area contributed by atoms with Crippen LogP contribution in [0.3, 0.4) is 0 Å².